The fourth-order valence-electron chi connectivity index (χ4n) is 3.50. The molecule has 0 aliphatic rings. The highest BCUT2D eigenvalue weighted by Gasteiger charge is 2.23. The summed E-state index contributed by atoms with van der Waals surface area (Å²) in [6.07, 6.45) is 0. The van der Waals surface area contributed by atoms with Gasteiger partial charge in [-0.2, -0.15) is 0 Å². The molecular formula is C25H23FN4O4S2. The van der Waals surface area contributed by atoms with E-state index < -0.39 is 5.97 Å². The van der Waals surface area contributed by atoms with Crippen LogP contribution in [0.2, 0.25) is 0 Å². The molecule has 4 rings (SSSR count). The lowest BCUT2D eigenvalue weighted by Gasteiger charge is -2.10. The standard InChI is InChI=1S/C25H23FN4O4S2/c1-4-34-19-8-6-5-7-17(19)22-28-29-25(30(22)2)36-14-20(31)27-23-21(24(32)33-3)18(13-35-23)15-9-11-16(26)12-10-15/h5-13H,4,14H2,1-3H3,(H,27,31). The average molecular weight is 527 g/mol. The molecule has 0 unspecified atom stereocenters. The van der Waals surface area contributed by atoms with E-state index in [4.69, 9.17) is 9.47 Å². The van der Waals surface area contributed by atoms with Gasteiger partial charge in [0.05, 0.1) is 25.0 Å². The summed E-state index contributed by atoms with van der Waals surface area (Å²) in [5.41, 5.74) is 2.23. The largest absolute Gasteiger partial charge is 0.493 e. The Balaban J connectivity index is 1.49. The number of nitrogens with zero attached hydrogens (tertiary/aromatic N) is 3. The van der Waals surface area contributed by atoms with Crippen LogP contribution in [0.25, 0.3) is 22.5 Å². The number of carbonyl (C=O) groups excluding carboxylic acids is 2. The lowest BCUT2D eigenvalue weighted by molar-refractivity contribution is -0.113. The van der Waals surface area contributed by atoms with E-state index in [9.17, 15) is 14.0 Å². The van der Waals surface area contributed by atoms with Gasteiger partial charge in [0.2, 0.25) is 5.91 Å². The van der Waals surface area contributed by atoms with Gasteiger partial charge in [-0.1, -0.05) is 36.0 Å². The molecule has 1 amide bonds. The minimum Gasteiger partial charge on any atom is -0.493 e. The topological polar surface area (TPSA) is 95.3 Å². The predicted octanol–water partition coefficient (Wildman–Crippen LogP) is 5.27. The van der Waals surface area contributed by atoms with Crippen LogP contribution in [-0.4, -0.2) is 46.1 Å². The zero-order valence-corrected chi connectivity index (χ0v) is 21.4. The van der Waals surface area contributed by atoms with Crippen molar-refractivity contribution in [2.24, 2.45) is 7.05 Å². The maximum atomic E-state index is 13.3. The van der Waals surface area contributed by atoms with Crippen molar-refractivity contribution in [2.75, 3.05) is 24.8 Å². The van der Waals surface area contributed by atoms with Crippen LogP contribution in [0, 0.1) is 5.82 Å². The molecule has 186 valence electrons. The van der Waals surface area contributed by atoms with Crippen LogP contribution in [0.5, 0.6) is 5.75 Å². The molecule has 4 aromatic rings. The van der Waals surface area contributed by atoms with E-state index in [1.807, 2.05) is 38.2 Å². The Morgan fingerprint density at radius 3 is 2.58 bits per heavy atom. The fraction of sp³-hybridized carbons (Fsp3) is 0.200. The second kappa shape index (κ2) is 11.4. The average Bonchev–Trinajstić information content (AvgIpc) is 3.46. The molecule has 0 fully saturated rings. The molecule has 8 nitrogen and oxygen atoms in total. The number of hydrogen-bond acceptors (Lipinski definition) is 8. The maximum Gasteiger partial charge on any atom is 0.341 e. The molecule has 0 radical (unpaired) electrons. The number of nitrogens with one attached hydrogen (secondary N) is 1. The highest BCUT2D eigenvalue weighted by molar-refractivity contribution is 7.99. The number of thiophene rings is 1. The van der Waals surface area contributed by atoms with Gasteiger partial charge in [0.25, 0.3) is 0 Å². The SMILES string of the molecule is CCOc1ccccc1-c1nnc(SCC(=O)Nc2scc(-c3ccc(F)cc3)c2C(=O)OC)n1C. The Hall–Kier alpha value is -3.70. The second-order valence-electron chi connectivity index (χ2n) is 7.48. The van der Waals surface area contributed by atoms with E-state index in [0.29, 0.717) is 39.5 Å². The second-order valence-corrected chi connectivity index (χ2v) is 9.31. The van der Waals surface area contributed by atoms with Crippen LogP contribution in [-0.2, 0) is 16.6 Å². The minimum absolute atomic E-state index is 0.0451. The van der Waals surface area contributed by atoms with Gasteiger partial charge in [0.15, 0.2) is 11.0 Å². The molecule has 0 atom stereocenters. The van der Waals surface area contributed by atoms with Gasteiger partial charge in [0, 0.05) is 18.0 Å². The number of halogens is 1. The van der Waals surface area contributed by atoms with Gasteiger partial charge < -0.3 is 19.4 Å². The molecule has 2 aromatic heterocycles. The first-order chi connectivity index (χ1) is 17.4. The third kappa shape index (κ3) is 5.42. The van der Waals surface area contributed by atoms with Crippen molar-refractivity contribution in [3.05, 3.63) is 65.3 Å². The molecule has 0 saturated carbocycles. The zero-order chi connectivity index (χ0) is 25.7. The first-order valence-corrected chi connectivity index (χ1v) is 12.8. The smallest absolute Gasteiger partial charge is 0.341 e. The number of esters is 1. The highest BCUT2D eigenvalue weighted by Crippen LogP contribution is 2.36. The molecular weight excluding hydrogens is 503 g/mol. The van der Waals surface area contributed by atoms with E-state index in [-0.39, 0.29) is 23.0 Å². The summed E-state index contributed by atoms with van der Waals surface area (Å²) < 4.78 is 25.8. The van der Waals surface area contributed by atoms with Crippen LogP contribution in [0.3, 0.4) is 0 Å². The van der Waals surface area contributed by atoms with Crippen molar-refractivity contribution in [1.82, 2.24) is 14.8 Å². The van der Waals surface area contributed by atoms with Gasteiger partial charge in [-0.25, -0.2) is 9.18 Å². The number of benzene rings is 2. The summed E-state index contributed by atoms with van der Waals surface area (Å²) in [7, 11) is 3.09. The Bertz CT molecular complexity index is 1390. The third-order valence-corrected chi connectivity index (χ3v) is 7.10. The summed E-state index contributed by atoms with van der Waals surface area (Å²) in [5.74, 6) is 0.0736. The summed E-state index contributed by atoms with van der Waals surface area (Å²) in [4.78, 5) is 25.3. The molecule has 2 heterocycles. The molecule has 0 spiro atoms. The quantitative estimate of drug-likeness (QED) is 0.235. The summed E-state index contributed by atoms with van der Waals surface area (Å²) >= 11 is 2.41. The summed E-state index contributed by atoms with van der Waals surface area (Å²) in [5, 5.41) is 13.9. The molecule has 0 bridgehead atoms. The normalized spacial score (nSPS) is 10.8. The van der Waals surface area contributed by atoms with Crippen LogP contribution in [0.1, 0.15) is 17.3 Å². The van der Waals surface area contributed by atoms with Gasteiger partial charge in [-0.15, -0.1) is 21.5 Å². The van der Waals surface area contributed by atoms with Gasteiger partial charge in [-0.05, 0) is 36.8 Å². The summed E-state index contributed by atoms with van der Waals surface area (Å²) in [6, 6.07) is 13.3. The Morgan fingerprint density at radius 2 is 1.86 bits per heavy atom. The van der Waals surface area contributed by atoms with Crippen molar-refractivity contribution in [3.8, 4) is 28.3 Å². The number of ether oxygens (including phenoxy) is 2. The number of aromatic nitrogens is 3. The minimum atomic E-state index is -0.593. The summed E-state index contributed by atoms with van der Waals surface area (Å²) in [6.45, 7) is 2.44. The van der Waals surface area contributed by atoms with Crippen LogP contribution in [0.15, 0.2) is 59.1 Å². The van der Waals surface area contributed by atoms with Gasteiger partial charge in [0.1, 0.15) is 22.1 Å². The fourth-order valence-corrected chi connectivity index (χ4v) is 5.18. The van der Waals surface area contributed by atoms with Gasteiger partial charge >= 0.3 is 5.97 Å². The number of amides is 1. The first-order valence-electron chi connectivity index (χ1n) is 10.9. The molecule has 0 aliphatic heterocycles. The molecule has 11 heteroatoms. The molecule has 1 N–H and O–H groups in total. The van der Waals surface area contributed by atoms with Crippen LogP contribution < -0.4 is 10.1 Å². The number of rotatable bonds is 9. The number of hydrogen-bond donors (Lipinski definition) is 1. The Labute approximate surface area is 215 Å². The molecule has 0 saturated heterocycles. The number of methoxy groups -OCH3 is 1. The van der Waals surface area contributed by atoms with E-state index >= 15 is 0 Å². The van der Waals surface area contributed by atoms with Crippen molar-refractivity contribution in [1.29, 1.82) is 0 Å². The van der Waals surface area contributed by atoms with Crippen molar-refractivity contribution < 1.29 is 23.5 Å². The van der Waals surface area contributed by atoms with Crippen molar-refractivity contribution in [2.45, 2.75) is 12.1 Å². The number of para-hydroxylation sites is 1. The van der Waals surface area contributed by atoms with Crippen LogP contribution >= 0.6 is 23.1 Å². The van der Waals surface area contributed by atoms with Gasteiger partial charge in [-0.3, -0.25) is 4.79 Å². The zero-order valence-electron chi connectivity index (χ0n) is 19.8. The van der Waals surface area contributed by atoms with Crippen molar-refractivity contribution in [3.63, 3.8) is 0 Å². The van der Waals surface area contributed by atoms with E-state index in [1.54, 1.807) is 22.1 Å². The molecule has 36 heavy (non-hydrogen) atoms. The lowest BCUT2D eigenvalue weighted by Crippen LogP contribution is -2.16. The maximum absolute atomic E-state index is 13.3. The van der Waals surface area contributed by atoms with E-state index in [0.717, 1.165) is 5.56 Å². The Kier molecular flexibility index (Phi) is 8.01. The number of anilines is 1. The van der Waals surface area contributed by atoms with E-state index in [1.165, 1.54) is 42.3 Å². The Morgan fingerprint density at radius 1 is 1.11 bits per heavy atom. The monoisotopic (exact) mass is 526 g/mol. The van der Waals surface area contributed by atoms with E-state index in [2.05, 4.69) is 15.5 Å². The lowest BCUT2D eigenvalue weighted by atomic mass is 10.0. The number of carbonyl (C=O) groups is 2. The molecule has 2 aromatic carbocycles. The highest BCUT2D eigenvalue weighted by atomic mass is 32.2. The first kappa shape index (κ1) is 25.4. The third-order valence-electron chi connectivity index (χ3n) is 5.18. The van der Waals surface area contributed by atoms with Crippen LogP contribution in [0.4, 0.5) is 9.39 Å². The van der Waals surface area contributed by atoms with Crippen molar-refractivity contribution >= 4 is 40.0 Å². The number of thioether (sulfide) groups is 1. The molecule has 0 aliphatic carbocycles. The predicted molar refractivity (Wildman–Crippen MR) is 138 cm³/mol.